The van der Waals surface area contributed by atoms with Gasteiger partial charge in [-0.15, -0.1) is 0 Å². The van der Waals surface area contributed by atoms with E-state index < -0.39 is 5.60 Å². The van der Waals surface area contributed by atoms with E-state index in [9.17, 15) is 4.79 Å². The fourth-order valence-electron chi connectivity index (χ4n) is 2.41. The highest BCUT2D eigenvalue weighted by molar-refractivity contribution is 5.97. The smallest absolute Gasteiger partial charge is 0.256 e. The van der Waals surface area contributed by atoms with Gasteiger partial charge in [0.15, 0.2) is 0 Å². The quantitative estimate of drug-likeness (QED) is 0.581. The number of aryl methyl sites for hydroxylation is 1. The molecule has 0 aliphatic rings. The van der Waals surface area contributed by atoms with Crippen molar-refractivity contribution in [3.8, 4) is 5.88 Å². The van der Waals surface area contributed by atoms with Crippen LogP contribution in [0.2, 0.25) is 0 Å². The van der Waals surface area contributed by atoms with E-state index in [1.54, 1.807) is 6.07 Å². The molecule has 6 heteroatoms. The van der Waals surface area contributed by atoms with Gasteiger partial charge in [0.2, 0.25) is 5.88 Å². The summed E-state index contributed by atoms with van der Waals surface area (Å²) in [5.41, 5.74) is 0.547. The highest BCUT2D eigenvalue weighted by Crippen LogP contribution is 2.23. The van der Waals surface area contributed by atoms with Gasteiger partial charge in [-0.2, -0.15) is 0 Å². The summed E-state index contributed by atoms with van der Waals surface area (Å²) in [7, 11) is 0. The van der Waals surface area contributed by atoms with E-state index in [1.165, 1.54) is 0 Å². The Kier molecular flexibility index (Phi) is 9.45. The Hall–Kier alpha value is -1.66. The highest BCUT2D eigenvalue weighted by Gasteiger charge is 2.33. The molecule has 0 spiro atoms. The van der Waals surface area contributed by atoms with Crippen molar-refractivity contribution in [3.63, 3.8) is 0 Å². The fourth-order valence-corrected chi connectivity index (χ4v) is 2.41. The van der Waals surface area contributed by atoms with E-state index in [4.69, 9.17) is 14.2 Å². The highest BCUT2D eigenvalue weighted by atomic mass is 16.5. The van der Waals surface area contributed by atoms with Gasteiger partial charge in [0, 0.05) is 19.3 Å². The first kappa shape index (κ1) is 21.4. The summed E-state index contributed by atoms with van der Waals surface area (Å²) in [5, 5.41) is 2.94. The molecule has 1 heterocycles. The van der Waals surface area contributed by atoms with Gasteiger partial charge >= 0.3 is 0 Å². The minimum atomic E-state index is -0.830. The first-order chi connectivity index (χ1) is 12.0. The molecule has 25 heavy (non-hydrogen) atoms. The fraction of sp³-hybridized carbons (Fsp3) is 0.684. The number of nitrogens with zero attached hydrogens (tertiary/aromatic N) is 1. The second-order valence-corrected chi connectivity index (χ2v) is 6.11. The summed E-state index contributed by atoms with van der Waals surface area (Å²) in [6, 6.07) is 3.56. The Bertz CT molecular complexity index is 536. The maximum absolute atomic E-state index is 12.7. The van der Waals surface area contributed by atoms with Crippen molar-refractivity contribution in [2.45, 2.75) is 59.5 Å². The van der Waals surface area contributed by atoms with Crippen LogP contribution in [-0.4, -0.2) is 42.9 Å². The van der Waals surface area contributed by atoms with Gasteiger partial charge in [0.1, 0.15) is 12.2 Å². The van der Waals surface area contributed by atoms with Crippen molar-refractivity contribution < 1.29 is 19.0 Å². The number of hydrogen-bond acceptors (Lipinski definition) is 5. The zero-order chi connectivity index (χ0) is 18.7. The number of anilines is 1. The lowest BCUT2D eigenvalue weighted by atomic mass is 9.99. The van der Waals surface area contributed by atoms with Gasteiger partial charge < -0.3 is 19.5 Å². The lowest BCUT2D eigenvalue weighted by molar-refractivity contribution is -0.140. The summed E-state index contributed by atoms with van der Waals surface area (Å²) in [5.74, 6) is 0.381. The van der Waals surface area contributed by atoms with Crippen molar-refractivity contribution >= 4 is 11.6 Å². The van der Waals surface area contributed by atoms with Crippen LogP contribution in [0.25, 0.3) is 0 Å². The molecule has 1 amide bonds. The van der Waals surface area contributed by atoms with E-state index in [1.807, 2.05) is 40.7 Å². The van der Waals surface area contributed by atoms with Gasteiger partial charge in [-0.3, -0.25) is 4.79 Å². The van der Waals surface area contributed by atoms with E-state index in [0.717, 1.165) is 12.8 Å². The number of hydrogen-bond donors (Lipinski definition) is 1. The lowest BCUT2D eigenvalue weighted by Gasteiger charge is -2.28. The minimum absolute atomic E-state index is 0.141. The summed E-state index contributed by atoms with van der Waals surface area (Å²) in [6.45, 7) is 11.9. The topological polar surface area (TPSA) is 69.7 Å². The molecule has 0 aromatic carbocycles. The van der Waals surface area contributed by atoms with E-state index in [-0.39, 0.29) is 5.91 Å². The monoisotopic (exact) mass is 352 g/mol. The second kappa shape index (κ2) is 11.1. The van der Waals surface area contributed by atoms with Crippen LogP contribution >= 0.6 is 0 Å². The summed E-state index contributed by atoms with van der Waals surface area (Å²) in [6.07, 6.45) is 2.42. The minimum Gasteiger partial charge on any atom is -0.475 e. The maximum Gasteiger partial charge on any atom is 0.256 e. The van der Waals surface area contributed by atoms with Gasteiger partial charge in [0.05, 0.1) is 18.0 Å². The molecule has 1 unspecified atom stereocenters. The molecule has 6 nitrogen and oxygen atoms in total. The maximum atomic E-state index is 12.7. The zero-order valence-corrected chi connectivity index (χ0v) is 16.2. The molecule has 0 aliphatic carbocycles. The Morgan fingerprint density at radius 3 is 2.52 bits per heavy atom. The number of carbonyl (C=O) groups excluding carboxylic acids is 1. The Morgan fingerprint density at radius 1 is 1.16 bits per heavy atom. The molecule has 0 saturated carbocycles. The molecule has 0 aliphatic heterocycles. The molecule has 0 bridgehead atoms. The van der Waals surface area contributed by atoms with Crippen molar-refractivity contribution in [2.75, 3.05) is 31.7 Å². The Labute approximate surface area is 151 Å². The van der Waals surface area contributed by atoms with Gasteiger partial charge in [-0.1, -0.05) is 20.3 Å². The van der Waals surface area contributed by atoms with Crippen molar-refractivity contribution in [1.29, 1.82) is 0 Å². The predicted octanol–water partition coefficient (Wildman–Crippen LogP) is 3.73. The SMILES string of the molecule is CCCOC(C)(CCC)C(=O)Nc1ccc(OCCOCC)nc1C. The number of aromatic nitrogens is 1. The number of nitrogens with one attached hydrogen (secondary N) is 1. The molecular formula is C19H32N2O4. The average Bonchev–Trinajstić information content (AvgIpc) is 2.59. The molecule has 0 saturated heterocycles. The summed E-state index contributed by atoms with van der Waals surface area (Å²) >= 11 is 0. The van der Waals surface area contributed by atoms with Crippen LogP contribution < -0.4 is 10.1 Å². The number of rotatable bonds is 12. The van der Waals surface area contributed by atoms with Gasteiger partial charge in [0.25, 0.3) is 5.91 Å². The third-order valence-corrected chi connectivity index (χ3v) is 3.82. The standard InChI is InChI=1S/C19H32N2O4/c1-6-11-19(5,25-12-7-2)18(22)21-16-9-10-17(20-15(16)4)24-14-13-23-8-3/h9-10H,6-8,11-14H2,1-5H3,(H,21,22). The van der Waals surface area contributed by atoms with Crippen LogP contribution in [-0.2, 0) is 14.3 Å². The summed E-state index contributed by atoms with van der Waals surface area (Å²) in [4.78, 5) is 17.1. The van der Waals surface area contributed by atoms with Crippen molar-refractivity contribution in [2.24, 2.45) is 0 Å². The van der Waals surface area contributed by atoms with E-state index >= 15 is 0 Å². The Balaban J connectivity index is 2.72. The molecule has 1 rings (SSSR count). The third kappa shape index (κ3) is 7.00. The van der Waals surface area contributed by atoms with E-state index in [0.29, 0.717) is 50.1 Å². The molecule has 1 aromatic heterocycles. The molecular weight excluding hydrogens is 320 g/mol. The number of carbonyl (C=O) groups is 1. The van der Waals surface area contributed by atoms with Crippen LogP contribution in [0.3, 0.4) is 0 Å². The zero-order valence-electron chi connectivity index (χ0n) is 16.2. The van der Waals surface area contributed by atoms with Crippen molar-refractivity contribution in [3.05, 3.63) is 17.8 Å². The molecule has 142 valence electrons. The first-order valence-corrected chi connectivity index (χ1v) is 9.10. The van der Waals surface area contributed by atoms with E-state index in [2.05, 4.69) is 10.3 Å². The molecule has 1 N–H and O–H groups in total. The number of pyridine rings is 1. The molecule has 0 fully saturated rings. The molecule has 0 radical (unpaired) electrons. The number of amides is 1. The van der Waals surface area contributed by atoms with Crippen molar-refractivity contribution in [1.82, 2.24) is 4.98 Å². The average molecular weight is 352 g/mol. The van der Waals surface area contributed by atoms with Gasteiger partial charge in [-0.05, 0) is 39.7 Å². The molecule has 1 aromatic rings. The predicted molar refractivity (Wildman–Crippen MR) is 99.1 cm³/mol. The van der Waals surface area contributed by atoms with Crippen LogP contribution in [0.1, 0.15) is 52.7 Å². The normalized spacial score (nSPS) is 13.3. The number of ether oxygens (including phenoxy) is 3. The lowest BCUT2D eigenvalue weighted by Crippen LogP contribution is -2.43. The molecule has 1 atom stereocenters. The first-order valence-electron chi connectivity index (χ1n) is 9.10. The largest absolute Gasteiger partial charge is 0.475 e. The van der Waals surface area contributed by atoms with Gasteiger partial charge in [-0.25, -0.2) is 4.98 Å². The third-order valence-electron chi connectivity index (χ3n) is 3.82. The Morgan fingerprint density at radius 2 is 1.92 bits per heavy atom. The summed E-state index contributed by atoms with van der Waals surface area (Å²) < 4.78 is 16.6. The van der Waals surface area contributed by atoms with Crippen LogP contribution in [0.4, 0.5) is 5.69 Å². The second-order valence-electron chi connectivity index (χ2n) is 6.11. The van der Waals surface area contributed by atoms with Crippen LogP contribution in [0.15, 0.2) is 12.1 Å². The van der Waals surface area contributed by atoms with Crippen LogP contribution in [0.5, 0.6) is 5.88 Å². The van der Waals surface area contributed by atoms with Crippen LogP contribution in [0, 0.1) is 6.92 Å².